The molecule has 1 fully saturated rings. The van der Waals surface area contributed by atoms with Gasteiger partial charge in [0, 0.05) is 25.6 Å². The number of hydrogen-bond acceptors (Lipinski definition) is 4. The molecule has 0 radical (unpaired) electrons. The summed E-state index contributed by atoms with van der Waals surface area (Å²) in [5.74, 6) is 0.620. The molecule has 0 unspecified atom stereocenters. The second-order valence-electron chi connectivity index (χ2n) is 5.94. The highest BCUT2D eigenvalue weighted by molar-refractivity contribution is 5.90. The lowest BCUT2D eigenvalue weighted by Crippen LogP contribution is -2.36. The van der Waals surface area contributed by atoms with Gasteiger partial charge in [0.05, 0.1) is 12.3 Å². The molecule has 0 saturated carbocycles. The number of carbonyl (C=O) groups is 1. The van der Waals surface area contributed by atoms with Crippen LogP contribution < -0.4 is 0 Å². The zero-order chi connectivity index (χ0) is 17.1. The summed E-state index contributed by atoms with van der Waals surface area (Å²) >= 11 is 0. The summed E-state index contributed by atoms with van der Waals surface area (Å²) < 4.78 is 20.0. The number of amides is 1. The molecule has 3 rings (SSSR count). The molecule has 24 heavy (non-hydrogen) atoms. The summed E-state index contributed by atoms with van der Waals surface area (Å²) in [6.45, 7) is 6.41. The van der Waals surface area contributed by atoms with Gasteiger partial charge in [0.15, 0.2) is 0 Å². The first-order chi connectivity index (χ1) is 11.6. The van der Waals surface area contributed by atoms with Gasteiger partial charge < -0.3 is 9.64 Å². The first-order valence-electron chi connectivity index (χ1n) is 8.15. The molecule has 1 aromatic carbocycles. The van der Waals surface area contributed by atoms with E-state index in [2.05, 4.69) is 10.1 Å². The fraction of sp³-hybridized carbons (Fsp3) is 0.471. The van der Waals surface area contributed by atoms with Gasteiger partial charge in [-0.15, -0.1) is 5.10 Å². The maximum absolute atomic E-state index is 13.1. The Labute approximate surface area is 140 Å². The first kappa shape index (κ1) is 16.6. The minimum atomic E-state index is -0.316. The van der Waals surface area contributed by atoms with E-state index in [0.717, 1.165) is 13.0 Å². The Kier molecular flexibility index (Phi) is 4.89. The SMILES string of the molecule is CCN(C[C@H]1CCOC1)C(=O)c1nc(C)n(-c2ccc(F)cc2)n1. The van der Waals surface area contributed by atoms with E-state index in [9.17, 15) is 9.18 Å². The molecule has 0 bridgehead atoms. The van der Waals surface area contributed by atoms with Gasteiger partial charge >= 0.3 is 0 Å². The molecule has 128 valence electrons. The molecule has 0 N–H and O–H groups in total. The zero-order valence-electron chi connectivity index (χ0n) is 13.9. The van der Waals surface area contributed by atoms with Crippen LogP contribution in [0.2, 0.25) is 0 Å². The number of ether oxygens (including phenoxy) is 1. The van der Waals surface area contributed by atoms with Gasteiger partial charge in [-0.05, 0) is 44.5 Å². The van der Waals surface area contributed by atoms with Crippen LogP contribution in [0.4, 0.5) is 4.39 Å². The fourth-order valence-corrected chi connectivity index (χ4v) is 2.84. The lowest BCUT2D eigenvalue weighted by atomic mass is 10.1. The van der Waals surface area contributed by atoms with Crippen LogP contribution in [0.25, 0.3) is 5.69 Å². The average molecular weight is 332 g/mol. The third-order valence-electron chi connectivity index (χ3n) is 4.20. The molecular formula is C17H21FN4O2. The maximum atomic E-state index is 13.1. The maximum Gasteiger partial charge on any atom is 0.293 e. The van der Waals surface area contributed by atoms with E-state index in [-0.39, 0.29) is 17.5 Å². The van der Waals surface area contributed by atoms with Gasteiger partial charge in [-0.1, -0.05) is 0 Å². The molecule has 1 aliphatic rings. The smallest absolute Gasteiger partial charge is 0.293 e. The molecule has 2 aromatic rings. The lowest BCUT2D eigenvalue weighted by molar-refractivity contribution is 0.0718. The van der Waals surface area contributed by atoms with E-state index >= 15 is 0 Å². The van der Waals surface area contributed by atoms with Crippen LogP contribution in [0.1, 0.15) is 29.8 Å². The quantitative estimate of drug-likeness (QED) is 0.842. The molecule has 0 spiro atoms. The van der Waals surface area contributed by atoms with Crippen LogP contribution in [-0.4, -0.2) is 51.9 Å². The number of hydrogen-bond donors (Lipinski definition) is 0. The number of nitrogens with zero attached hydrogens (tertiary/aromatic N) is 4. The van der Waals surface area contributed by atoms with Crippen molar-refractivity contribution in [2.45, 2.75) is 20.3 Å². The van der Waals surface area contributed by atoms with Crippen molar-refractivity contribution < 1.29 is 13.9 Å². The Hall–Kier alpha value is -2.28. The van der Waals surface area contributed by atoms with E-state index in [0.29, 0.717) is 37.1 Å². The van der Waals surface area contributed by atoms with Crippen LogP contribution in [0.3, 0.4) is 0 Å². The first-order valence-corrected chi connectivity index (χ1v) is 8.15. The zero-order valence-corrected chi connectivity index (χ0v) is 13.9. The number of carbonyl (C=O) groups excluding carboxylic acids is 1. The van der Waals surface area contributed by atoms with Crippen molar-refractivity contribution >= 4 is 5.91 Å². The predicted octanol–water partition coefficient (Wildman–Crippen LogP) is 2.21. The van der Waals surface area contributed by atoms with Crippen molar-refractivity contribution in [2.24, 2.45) is 5.92 Å². The van der Waals surface area contributed by atoms with Crippen molar-refractivity contribution in [2.75, 3.05) is 26.3 Å². The van der Waals surface area contributed by atoms with Gasteiger partial charge in [-0.25, -0.2) is 14.1 Å². The van der Waals surface area contributed by atoms with Gasteiger partial charge in [0.25, 0.3) is 5.91 Å². The Balaban J connectivity index is 1.79. The van der Waals surface area contributed by atoms with Crippen LogP contribution in [0.5, 0.6) is 0 Å². The highest BCUT2D eigenvalue weighted by Gasteiger charge is 2.25. The predicted molar refractivity (Wildman–Crippen MR) is 86.6 cm³/mol. The summed E-state index contributed by atoms with van der Waals surface area (Å²) in [4.78, 5) is 18.7. The third-order valence-corrected chi connectivity index (χ3v) is 4.20. The normalized spacial score (nSPS) is 17.2. The van der Waals surface area contributed by atoms with E-state index in [1.807, 2.05) is 6.92 Å². The summed E-state index contributed by atoms with van der Waals surface area (Å²) in [5, 5.41) is 4.31. The monoisotopic (exact) mass is 332 g/mol. The number of aromatic nitrogens is 3. The Morgan fingerprint density at radius 2 is 2.17 bits per heavy atom. The van der Waals surface area contributed by atoms with Gasteiger partial charge in [-0.2, -0.15) is 0 Å². The van der Waals surface area contributed by atoms with Crippen molar-refractivity contribution in [3.8, 4) is 5.69 Å². The summed E-state index contributed by atoms with van der Waals surface area (Å²) in [6.07, 6.45) is 0.972. The fourth-order valence-electron chi connectivity index (χ4n) is 2.84. The molecule has 1 atom stereocenters. The topological polar surface area (TPSA) is 60.2 Å². The minimum absolute atomic E-state index is 0.164. The van der Waals surface area contributed by atoms with Crippen molar-refractivity contribution in [1.29, 1.82) is 0 Å². The summed E-state index contributed by atoms with van der Waals surface area (Å²) in [5.41, 5.74) is 0.674. The van der Waals surface area contributed by atoms with Gasteiger partial charge in [-0.3, -0.25) is 4.79 Å². The second-order valence-corrected chi connectivity index (χ2v) is 5.94. The van der Waals surface area contributed by atoms with Crippen molar-refractivity contribution in [3.63, 3.8) is 0 Å². The molecule has 1 aromatic heterocycles. The van der Waals surface area contributed by atoms with E-state index in [4.69, 9.17) is 4.74 Å². The van der Waals surface area contributed by atoms with Gasteiger partial charge in [0.1, 0.15) is 11.6 Å². The number of halogens is 1. The Morgan fingerprint density at radius 3 is 2.79 bits per heavy atom. The van der Waals surface area contributed by atoms with Crippen LogP contribution >= 0.6 is 0 Å². The van der Waals surface area contributed by atoms with Crippen molar-refractivity contribution in [3.05, 3.63) is 41.7 Å². The highest BCUT2D eigenvalue weighted by Crippen LogP contribution is 2.16. The number of rotatable bonds is 5. The highest BCUT2D eigenvalue weighted by atomic mass is 19.1. The molecule has 1 aliphatic heterocycles. The van der Waals surface area contributed by atoms with E-state index < -0.39 is 0 Å². The molecule has 1 amide bonds. The molecule has 1 saturated heterocycles. The van der Waals surface area contributed by atoms with Gasteiger partial charge in [0.2, 0.25) is 5.82 Å². The van der Waals surface area contributed by atoms with E-state index in [1.54, 1.807) is 28.6 Å². The molecule has 7 heteroatoms. The molecular weight excluding hydrogens is 311 g/mol. The summed E-state index contributed by atoms with van der Waals surface area (Å²) in [7, 11) is 0. The van der Waals surface area contributed by atoms with Crippen LogP contribution in [-0.2, 0) is 4.74 Å². The number of aryl methyl sites for hydroxylation is 1. The average Bonchev–Trinajstić information content (AvgIpc) is 3.22. The third kappa shape index (κ3) is 3.46. The Morgan fingerprint density at radius 1 is 1.42 bits per heavy atom. The summed E-state index contributed by atoms with van der Waals surface area (Å²) in [6, 6.07) is 5.93. The van der Waals surface area contributed by atoms with Crippen LogP contribution in [0.15, 0.2) is 24.3 Å². The van der Waals surface area contributed by atoms with Crippen molar-refractivity contribution in [1.82, 2.24) is 19.7 Å². The van der Waals surface area contributed by atoms with E-state index in [1.165, 1.54) is 12.1 Å². The second kappa shape index (κ2) is 7.09. The lowest BCUT2D eigenvalue weighted by Gasteiger charge is -2.22. The minimum Gasteiger partial charge on any atom is -0.381 e. The molecule has 0 aliphatic carbocycles. The largest absolute Gasteiger partial charge is 0.381 e. The molecule has 2 heterocycles. The molecule has 6 nitrogen and oxygen atoms in total. The Bertz CT molecular complexity index is 708. The number of benzene rings is 1. The van der Waals surface area contributed by atoms with Crippen LogP contribution in [0, 0.1) is 18.7 Å². The standard InChI is InChI=1S/C17H21FN4O2/c1-3-21(10-13-8-9-24-11-13)17(23)16-19-12(2)22(20-16)15-6-4-14(18)5-7-15/h4-7,13H,3,8-11H2,1-2H3/t13-/m1/s1.